The molecule has 0 aliphatic heterocycles. The Morgan fingerprint density at radius 3 is 1.68 bits per heavy atom. The van der Waals surface area contributed by atoms with E-state index >= 15 is 0 Å². The third-order valence-corrected chi connectivity index (χ3v) is 5.90. The number of carbonyl (C=O) groups is 4. The first-order chi connectivity index (χ1) is 18.1. The van der Waals surface area contributed by atoms with Gasteiger partial charge in [-0.2, -0.15) is 0 Å². The highest BCUT2D eigenvalue weighted by Crippen LogP contribution is 2.47. The van der Waals surface area contributed by atoms with Crippen LogP contribution in [0, 0.1) is 11.3 Å². The van der Waals surface area contributed by atoms with Crippen LogP contribution < -0.4 is 9.47 Å². The fourth-order valence-electron chi connectivity index (χ4n) is 4.03. The summed E-state index contributed by atoms with van der Waals surface area (Å²) in [7, 11) is 0. The van der Waals surface area contributed by atoms with Crippen LogP contribution in [0.5, 0.6) is 23.0 Å². The summed E-state index contributed by atoms with van der Waals surface area (Å²) >= 11 is 0. The van der Waals surface area contributed by atoms with E-state index in [1.54, 1.807) is 60.7 Å². The number of benzene rings is 3. The van der Waals surface area contributed by atoms with Crippen molar-refractivity contribution in [3.8, 4) is 23.0 Å². The van der Waals surface area contributed by atoms with E-state index in [-0.39, 0.29) is 39.7 Å². The normalized spacial score (nSPS) is 15.7. The highest BCUT2D eigenvalue weighted by atomic mass is 16.5. The molecule has 4 rings (SSSR count). The first kappa shape index (κ1) is 25.7. The van der Waals surface area contributed by atoms with Gasteiger partial charge < -0.3 is 29.9 Å². The van der Waals surface area contributed by atoms with Crippen LogP contribution in [0.15, 0.2) is 91.0 Å². The molecule has 3 aromatic rings. The first-order valence-electron chi connectivity index (χ1n) is 11.1. The number of ether oxygens (including phenoxy) is 2. The fraction of sp³-hybridized carbons (Fsp3) is 0.0714. The monoisotopic (exact) mass is 516 g/mol. The molecule has 0 saturated carbocycles. The maximum atomic E-state index is 12.2. The second-order valence-electron chi connectivity index (χ2n) is 8.21. The number of carboxylic acid groups (broad SMARTS) is 4. The number of carboxylic acids is 4. The van der Waals surface area contributed by atoms with Crippen LogP contribution in [-0.2, 0) is 14.4 Å². The first-order valence-corrected chi connectivity index (χ1v) is 11.1. The van der Waals surface area contributed by atoms with Gasteiger partial charge in [-0.1, -0.05) is 48.6 Å². The summed E-state index contributed by atoms with van der Waals surface area (Å²) in [4.78, 5) is 48.3. The number of hydrogen-bond acceptors (Lipinski definition) is 6. The van der Waals surface area contributed by atoms with E-state index in [4.69, 9.17) is 9.47 Å². The number of aliphatic carboxylic acids is 3. The lowest BCUT2D eigenvalue weighted by molar-refractivity contribution is -0.169. The largest absolute Gasteiger partial charge is 0.481 e. The van der Waals surface area contributed by atoms with Crippen molar-refractivity contribution in [1.29, 1.82) is 0 Å². The minimum atomic E-state index is -2.84. The van der Waals surface area contributed by atoms with E-state index in [1.807, 2.05) is 0 Å². The molecule has 3 aromatic carbocycles. The Balaban J connectivity index is 2.00. The summed E-state index contributed by atoms with van der Waals surface area (Å²) in [6.45, 7) is 0. The summed E-state index contributed by atoms with van der Waals surface area (Å²) in [5.74, 6) is -8.47. The van der Waals surface area contributed by atoms with Gasteiger partial charge in [0.05, 0.1) is 0 Å². The van der Waals surface area contributed by atoms with Crippen molar-refractivity contribution in [2.45, 2.75) is 0 Å². The molecule has 0 heterocycles. The molecule has 0 bridgehead atoms. The lowest BCUT2D eigenvalue weighted by atomic mass is 9.70. The van der Waals surface area contributed by atoms with Gasteiger partial charge in [-0.25, -0.2) is 4.79 Å². The van der Waals surface area contributed by atoms with Crippen LogP contribution >= 0.6 is 0 Å². The van der Waals surface area contributed by atoms with Crippen molar-refractivity contribution in [3.63, 3.8) is 0 Å². The lowest BCUT2D eigenvalue weighted by Crippen LogP contribution is -2.47. The number of aromatic carboxylic acids is 1. The molecule has 1 aliphatic carbocycles. The molecule has 0 spiro atoms. The minimum absolute atomic E-state index is 0.0203. The van der Waals surface area contributed by atoms with Crippen molar-refractivity contribution in [2.24, 2.45) is 11.3 Å². The second kappa shape index (κ2) is 10.3. The minimum Gasteiger partial charge on any atom is -0.481 e. The van der Waals surface area contributed by atoms with Crippen LogP contribution in [0.4, 0.5) is 0 Å². The maximum absolute atomic E-state index is 12.2. The molecular weight excluding hydrogens is 496 g/mol. The lowest BCUT2D eigenvalue weighted by Gasteiger charge is -2.30. The van der Waals surface area contributed by atoms with Crippen molar-refractivity contribution < 1.29 is 49.1 Å². The Hall–Kier alpha value is -5.38. The molecule has 0 amide bonds. The zero-order valence-electron chi connectivity index (χ0n) is 19.5. The van der Waals surface area contributed by atoms with Crippen molar-refractivity contribution in [2.75, 3.05) is 0 Å². The van der Waals surface area contributed by atoms with Crippen LogP contribution in [0.3, 0.4) is 0 Å². The van der Waals surface area contributed by atoms with Gasteiger partial charge in [0.25, 0.3) is 0 Å². The van der Waals surface area contributed by atoms with E-state index in [0.29, 0.717) is 0 Å². The molecule has 0 fully saturated rings. The molecule has 1 atom stereocenters. The van der Waals surface area contributed by atoms with Gasteiger partial charge in [-0.05, 0) is 48.0 Å². The SMILES string of the molecule is O=C(O)c1ccc(C2=CC(C(=O)O)(C(=O)O)C(C(=O)O)C=C2)c(Oc2ccccc2)c1Oc1ccccc1. The van der Waals surface area contributed by atoms with Crippen molar-refractivity contribution in [1.82, 2.24) is 0 Å². The van der Waals surface area contributed by atoms with E-state index in [9.17, 15) is 39.6 Å². The van der Waals surface area contributed by atoms with Crippen LogP contribution in [0.2, 0.25) is 0 Å². The average Bonchev–Trinajstić information content (AvgIpc) is 2.89. The molecule has 4 N–H and O–H groups in total. The fourth-order valence-corrected chi connectivity index (χ4v) is 4.03. The highest BCUT2D eigenvalue weighted by molar-refractivity contribution is 6.08. The molecule has 38 heavy (non-hydrogen) atoms. The Labute approximate surface area is 215 Å². The Morgan fingerprint density at radius 1 is 0.684 bits per heavy atom. The number of hydrogen-bond donors (Lipinski definition) is 4. The molecule has 0 saturated heterocycles. The van der Waals surface area contributed by atoms with Gasteiger partial charge >= 0.3 is 23.9 Å². The van der Waals surface area contributed by atoms with Crippen LogP contribution in [-0.4, -0.2) is 44.3 Å². The number of allylic oxidation sites excluding steroid dienone is 2. The summed E-state index contributed by atoms with van der Waals surface area (Å²) in [5.41, 5.74) is -3.06. The van der Waals surface area contributed by atoms with Gasteiger partial charge in [0.2, 0.25) is 0 Å². The maximum Gasteiger partial charge on any atom is 0.339 e. The summed E-state index contributed by atoms with van der Waals surface area (Å²) < 4.78 is 12.0. The number of para-hydroxylation sites is 2. The second-order valence-corrected chi connectivity index (χ2v) is 8.21. The van der Waals surface area contributed by atoms with Crippen LogP contribution in [0.25, 0.3) is 5.57 Å². The number of rotatable bonds is 9. The standard InChI is InChI=1S/C28H20O10/c29-24(30)20-13-12-19(16-11-14-21(25(31)32)28(15-16,26(33)34)27(35)36)22(37-17-7-3-1-4-8-17)23(20)38-18-9-5-2-6-10-18/h1-15,21H,(H,29,30)(H,31,32)(H,33,34)(H,35,36). The van der Waals surface area contributed by atoms with E-state index < -0.39 is 35.2 Å². The quantitative estimate of drug-likeness (QED) is 0.291. The Kier molecular flexibility index (Phi) is 6.98. The third-order valence-electron chi connectivity index (χ3n) is 5.90. The molecule has 0 radical (unpaired) electrons. The summed E-state index contributed by atoms with van der Waals surface area (Å²) in [5, 5.41) is 39.2. The Morgan fingerprint density at radius 2 is 1.21 bits per heavy atom. The van der Waals surface area contributed by atoms with Crippen molar-refractivity contribution >= 4 is 29.5 Å². The van der Waals surface area contributed by atoms with Crippen LogP contribution in [0.1, 0.15) is 15.9 Å². The molecule has 192 valence electrons. The van der Waals surface area contributed by atoms with E-state index in [2.05, 4.69) is 0 Å². The van der Waals surface area contributed by atoms with Gasteiger partial charge in [-0.3, -0.25) is 14.4 Å². The topological polar surface area (TPSA) is 168 Å². The third kappa shape index (κ3) is 4.70. The van der Waals surface area contributed by atoms with Gasteiger partial charge in [0.1, 0.15) is 23.0 Å². The summed E-state index contributed by atoms with van der Waals surface area (Å²) in [6.07, 6.45) is 3.04. The van der Waals surface area contributed by atoms with Gasteiger partial charge in [0.15, 0.2) is 16.9 Å². The van der Waals surface area contributed by atoms with E-state index in [1.165, 1.54) is 18.2 Å². The Bertz CT molecular complexity index is 1460. The predicted molar refractivity (Wildman–Crippen MR) is 132 cm³/mol. The molecule has 0 aromatic heterocycles. The predicted octanol–water partition coefficient (Wildman–Crippen LogP) is 4.78. The summed E-state index contributed by atoms with van der Waals surface area (Å²) in [6, 6.07) is 19.0. The van der Waals surface area contributed by atoms with Gasteiger partial charge in [-0.15, -0.1) is 0 Å². The van der Waals surface area contributed by atoms with Gasteiger partial charge in [0, 0.05) is 5.56 Å². The smallest absolute Gasteiger partial charge is 0.339 e. The molecule has 1 unspecified atom stereocenters. The molecule has 1 aliphatic rings. The van der Waals surface area contributed by atoms with E-state index in [0.717, 1.165) is 12.2 Å². The van der Waals surface area contributed by atoms with Crippen molar-refractivity contribution in [3.05, 3.63) is 102 Å². The average molecular weight is 516 g/mol. The zero-order chi connectivity index (χ0) is 27.4. The molecular formula is C28H20O10. The molecule has 10 nitrogen and oxygen atoms in total. The zero-order valence-corrected chi connectivity index (χ0v) is 19.5. The highest BCUT2D eigenvalue weighted by Gasteiger charge is 2.55. The molecule has 10 heteroatoms.